The molecule has 1 fully saturated rings. The molecule has 3 heteroatoms. The van der Waals surface area contributed by atoms with Crippen LogP contribution in [0.4, 0.5) is 0 Å². The zero-order chi connectivity index (χ0) is 13.3. The van der Waals surface area contributed by atoms with Gasteiger partial charge >= 0.3 is 0 Å². The monoisotopic (exact) mass is 266 g/mol. The van der Waals surface area contributed by atoms with Gasteiger partial charge in [-0.3, -0.25) is 4.90 Å². The molecule has 2 N–H and O–H groups in total. The number of rotatable bonds is 3. The second-order valence-corrected chi connectivity index (χ2v) is 6.05. The molecule has 3 unspecified atom stereocenters. The van der Waals surface area contributed by atoms with Crippen LogP contribution in [0.2, 0.25) is 5.02 Å². The first-order valence-electron chi connectivity index (χ1n) is 6.74. The second kappa shape index (κ2) is 5.60. The predicted molar refractivity (Wildman–Crippen MR) is 77.9 cm³/mol. The van der Waals surface area contributed by atoms with Crippen LogP contribution in [0.1, 0.15) is 37.4 Å². The van der Waals surface area contributed by atoms with Crippen LogP contribution in [0.15, 0.2) is 18.2 Å². The van der Waals surface area contributed by atoms with Crippen LogP contribution in [-0.4, -0.2) is 24.0 Å². The lowest BCUT2D eigenvalue weighted by Gasteiger charge is -2.31. The molecule has 1 heterocycles. The number of halogens is 1. The molecule has 0 aromatic heterocycles. The number of benzene rings is 1. The van der Waals surface area contributed by atoms with E-state index in [0.29, 0.717) is 18.6 Å². The van der Waals surface area contributed by atoms with Gasteiger partial charge in [-0.25, -0.2) is 0 Å². The second-order valence-electron chi connectivity index (χ2n) is 5.65. The molecule has 0 aliphatic carbocycles. The standard InChI is InChI=1S/C15H23ClN2/c1-10-6-12(3)18(9-10)15(8-17)13-5-4-11(2)14(16)7-13/h4-5,7,10,12,15H,6,8-9,17H2,1-3H3. The van der Waals surface area contributed by atoms with Crippen molar-refractivity contribution >= 4 is 11.6 Å². The molecule has 0 saturated carbocycles. The summed E-state index contributed by atoms with van der Waals surface area (Å²) in [4.78, 5) is 2.52. The number of nitrogens with two attached hydrogens (primary N) is 1. The van der Waals surface area contributed by atoms with Gasteiger partial charge < -0.3 is 5.73 Å². The molecule has 18 heavy (non-hydrogen) atoms. The normalized spacial score (nSPS) is 26.5. The minimum Gasteiger partial charge on any atom is -0.329 e. The molecule has 100 valence electrons. The van der Waals surface area contributed by atoms with Crippen molar-refractivity contribution in [2.75, 3.05) is 13.1 Å². The molecule has 2 nitrogen and oxygen atoms in total. The smallest absolute Gasteiger partial charge is 0.0473 e. The lowest BCUT2D eigenvalue weighted by atomic mass is 10.0. The number of likely N-dealkylation sites (tertiary alicyclic amines) is 1. The van der Waals surface area contributed by atoms with E-state index in [0.717, 1.165) is 23.0 Å². The van der Waals surface area contributed by atoms with E-state index in [-0.39, 0.29) is 0 Å². The average Bonchev–Trinajstić information content (AvgIpc) is 2.64. The fraction of sp³-hybridized carbons (Fsp3) is 0.600. The van der Waals surface area contributed by atoms with E-state index in [1.54, 1.807) is 0 Å². The van der Waals surface area contributed by atoms with Gasteiger partial charge in [0.25, 0.3) is 0 Å². The third-order valence-electron chi connectivity index (χ3n) is 4.04. The van der Waals surface area contributed by atoms with Gasteiger partial charge in [-0.15, -0.1) is 0 Å². The molecule has 1 aliphatic rings. The summed E-state index contributed by atoms with van der Waals surface area (Å²) >= 11 is 6.23. The Morgan fingerprint density at radius 2 is 2.17 bits per heavy atom. The third kappa shape index (κ3) is 2.71. The van der Waals surface area contributed by atoms with Crippen molar-refractivity contribution in [3.05, 3.63) is 34.3 Å². The molecule has 0 bridgehead atoms. The van der Waals surface area contributed by atoms with Crippen molar-refractivity contribution in [2.45, 2.75) is 39.3 Å². The lowest BCUT2D eigenvalue weighted by Crippen LogP contribution is -2.36. The largest absolute Gasteiger partial charge is 0.329 e. The number of hydrogen-bond donors (Lipinski definition) is 1. The molecule has 0 radical (unpaired) electrons. The van der Waals surface area contributed by atoms with E-state index in [1.807, 2.05) is 6.92 Å². The Labute approximate surface area is 115 Å². The minimum absolute atomic E-state index is 0.294. The predicted octanol–water partition coefficient (Wildman–Crippen LogP) is 3.38. The first-order valence-corrected chi connectivity index (χ1v) is 7.12. The summed E-state index contributed by atoms with van der Waals surface area (Å²) in [7, 11) is 0. The van der Waals surface area contributed by atoms with Crippen LogP contribution in [0, 0.1) is 12.8 Å². The first-order chi connectivity index (χ1) is 8.52. The molecule has 2 rings (SSSR count). The highest BCUT2D eigenvalue weighted by Crippen LogP contribution is 2.32. The summed E-state index contributed by atoms with van der Waals surface area (Å²) in [5, 5.41) is 0.839. The highest BCUT2D eigenvalue weighted by atomic mass is 35.5. The first kappa shape index (κ1) is 13.9. The summed E-state index contributed by atoms with van der Waals surface area (Å²) in [5.41, 5.74) is 8.36. The fourth-order valence-corrected chi connectivity index (χ4v) is 3.23. The van der Waals surface area contributed by atoms with E-state index in [9.17, 15) is 0 Å². The van der Waals surface area contributed by atoms with Crippen LogP contribution in [0.3, 0.4) is 0 Å². The van der Waals surface area contributed by atoms with Crippen LogP contribution in [-0.2, 0) is 0 Å². The molecule has 1 saturated heterocycles. The lowest BCUT2D eigenvalue weighted by molar-refractivity contribution is 0.192. The number of hydrogen-bond acceptors (Lipinski definition) is 2. The van der Waals surface area contributed by atoms with Crippen LogP contribution < -0.4 is 5.73 Å². The number of aryl methyl sites for hydroxylation is 1. The summed E-state index contributed by atoms with van der Waals surface area (Å²) in [6.07, 6.45) is 1.26. The molecule has 1 aliphatic heterocycles. The Balaban J connectivity index is 2.25. The summed E-state index contributed by atoms with van der Waals surface area (Å²) in [5.74, 6) is 0.759. The van der Waals surface area contributed by atoms with Gasteiger partial charge in [0.15, 0.2) is 0 Å². The van der Waals surface area contributed by atoms with Crippen LogP contribution >= 0.6 is 11.6 Å². The quantitative estimate of drug-likeness (QED) is 0.909. The molecule has 1 aromatic carbocycles. The van der Waals surface area contributed by atoms with Gasteiger partial charge in [-0.2, -0.15) is 0 Å². The zero-order valence-electron chi connectivity index (χ0n) is 11.5. The van der Waals surface area contributed by atoms with E-state index in [4.69, 9.17) is 17.3 Å². The summed E-state index contributed by atoms with van der Waals surface area (Å²) in [6.45, 7) is 8.42. The molecular weight excluding hydrogens is 244 g/mol. The molecule has 1 aromatic rings. The molecular formula is C15H23ClN2. The van der Waals surface area contributed by atoms with Gasteiger partial charge in [-0.05, 0) is 43.4 Å². The third-order valence-corrected chi connectivity index (χ3v) is 4.44. The fourth-order valence-electron chi connectivity index (χ4n) is 3.05. The van der Waals surface area contributed by atoms with Gasteiger partial charge in [0.1, 0.15) is 0 Å². The minimum atomic E-state index is 0.294. The van der Waals surface area contributed by atoms with Gasteiger partial charge in [-0.1, -0.05) is 30.7 Å². The summed E-state index contributed by atoms with van der Waals surface area (Å²) in [6, 6.07) is 7.22. The van der Waals surface area contributed by atoms with Crippen molar-refractivity contribution in [1.29, 1.82) is 0 Å². The van der Waals surface area contributed by atoms with Gasteiger partial charge in [0, 0.05) is 30.2 Å². The van der Waals surface area contributed by atoms with Crippen LogP contribution in [0.25, 0.3) is 0 Å². The highest BCUT2D eigenvalue weighted by Gasteiger charge is 2.31. The maximum Gasteiger partial charge on any atom is 0.0473 e. The van der Waals surface area contributed by atoms with E-state index >= 15 is 0 Å². The van der Waals surface area contributed by atoms with E-state index in [1.165, 1.54) is 12.0 Å². The van der Waals surface area contributed by atoms with Gasteiger partial charge in [0.05, 0.1) is 0 Å². The zero-order valence-corrected chi connectivity index (χ0v) is 12.2. The average molecular weight is 267 g/mol. The SMILES string of the molecule is Cc1ccc(C(CN)N2CC(C)CC2C)cc1Cl. The van der Waals surface area contributed by atoms with Crippen molar-refractivity contribution in [3.63, 3.8) is 0 Å². The van der Waals surface area contributed by atoms with Crippen molar-refractivity contribution in [1.82, 2.24) is 4.90 Å². The molecule has 0 amide bonds. The van der Waals surface area contributed by atoms with Gasteiger partial charge in [0.2, 0.25) is 0 Å². The van der Waals surface area contributed by atoms with Crippen molar-refractivity contribution < 1.29 is 0 Å². The summed E-state index contributed by atoms with van der Waals surface area (Å²) < 4.78 is 0. The Kier molecular flexibility index (Phi) is 4.31. The Bertz CT molecular complexity index is 419. The molecule has 3 atom stereocenters. The number of nitrogens with zero attached hydrogens (tertiary/aromatic N) is 1. The van der Waals surface area contributed by atoms with E-state index in [2.05, 4.69) is 36.9 Å². The Hall–Kier alpha value is -0.570. The van der Waals surface area contributed by atoms with E-state index < -0.39 is 0 Å². The topological polar surface area (TPSA) is 29.3 Å². The Morgan fingerprint density at radius 3 is 2.67 bits per heavy atom. The van der Waals surface area contributed by atoms with Crippen LogP contribution in [0.5, 0.6) is 0 Å². The van der Waals surface area contributed by atoms with Crippen molar-refractivity contribution in [2.24, 2.45) is 11.7 Å². The maximum atomic E-state index is 6.23. The Morgan fingerprint density at radius 1 is 1.44 bits per heavy atom. The maximum absolute atomic E-state index is 6.23. The van der Waals surface area contributed by atoms with Crippen molar-refractivity contribution in [3.8, 4) is 0 Å². The molecule has 0 spiro atoms. The highest BCUT2D eigenvalue weighted by molar-refractivity contribution is 6.31.